The van der Waals surface area contributed by atoms with Gasteiger partial charge in [0.05, 0.1) is 24.0 Å². The van der Waals surface area contributed by atoms with Gasteiger partial charge in [0.25, 0.3) is 5.56 Å². The summed E-state index contributed by atoms with van der Waals surface area (Å²) in [5.74, 6) is 0.739. The van der Waals surface area contributed by atoms with Crippen LogP contribution in [0.15, 0.2) is 64.9 Å². The van der Waals surface area contributed by atoms with Crippen molar-refractivity contribution in [3.63, 3.8) is 0 Å². The van der Waals surface area contributed by atoms with E-state index in [1.165, 1.54) is 11.8 Å². The number of hydrogen-bond acceptors (Lipinski definition) is 6. The van der Waals surface area contributed by atoms with Crippen molar-refractivity contribution in [1.82, 2.24) is 29.2 Å². The number of hydrogen-bond donors (Lipinski definition) is 0. The monoisotopic (exact) mass is 486 g/mol. The van der Waals surface area contributed by atoms with E-state index in [1.807, 2.05) is 54.4 Å². The molecule has 2 aliphatic rings. The predicted molar refractivity (Wildman–Crippen MR) is 135 cm³/mol. The van der Waals surface area contributed by atoms with Gasteiger partial charge in [-0.2, -0.15) is 5.10 Å². The molecule has 2 atom stereocenters. The first kappa shape index (κ1) is 22.0. The Morgan fingerprint density at radius 2 is 2.03 bits per heavy atom. The van der Waals surface area contributed by atoms with Crippen LogP contribution in [0.4, 0.5) is 0 Å². The third-order valence-corrected chi connectivity index (χ3v) is 8.11. The van der Waals surface area contributed by atoms with E-state index in [0.717, 1.165) is 42.6 Å². The number of aryl methyl sites for hydroxylation is 1. The summed E-state index contributed by atoms with van der Waals surface area (Å²) in [5.41, 5.74) is 3.46. The summed E-state index contributed by atoms with van der Waals surface area (Å²) >= 11 is 1.53. The fraction of sp³-hybridized carbons (Fsp3) is 0.346. The molecule has 0 radical (unpaired) electrons. The van der Waals surface area contributed by atoms with Gasteiger partial charge < -0.3 is 4.90 Å². The van der Waals surface area contributed by atoms with Crippen LogP contribution in [0, 0.1) is 6.92 Å². The van der Waals surface area contributed by atoms with Gasteiger partial charge in [-0.3, -0.25) is 19.1 Å². The molecule has 178 valence electrons. The van der Waals surface area contributed by atoms with Crippen LogP contribution < -0.4 is 5.56 Å². The van der Waals surface area contributed by atoms with E-state index < -0.39 is 0 Å². The number of aromatic nitrogens is 5. The molecule has 0 N–H and O–H groups in total. The molecular weight excluding hydrogens is 460 g/mol. The van der Waals surface area contributed by atoms with Crippen molar-refractivity contribution in [3.05, 3.63) is 76.5 Å². The van der Waals surface area contributed by atoms with Crippen LogP contribution in [0.1, 0.15) is 48.9 Å². The zero-order valence-electron chi connectivity index (χ0n) is 19.5. The zero-order chi connectivity index (χ0) is 23.9. The van der Waals surface area contributed by atoms with Gasteiger partial charge in [0, 0.05) is 31.1 Å². The van der Waals surface area contributed by atoms with Crippen LogP contribution >= 0.6 is 11.8 Å². The number of carbonyl (C=O) groups excluding carboxylic acids is 1. The minimum Gasteiger partial charge on any atom is -0.336 e. The molecule has 0 spiro atoms. The second-order valence-corrected chi connectivity index (χ2v) is 10.2. The summed E-state index contributed by atoms with van der Waals surface area (Å²) in [7, 11) is 0. The lowest BCUT2D eigenvalue weighted by atomic mass is 9.95. The third-order valence-electron chi connectivity index (χ3n) is 7.02. The number of rotatable bonds is 4. The van der Waals surface area contributed by atoms with Crippen molar-refractivity contribution in [1.29, 1.82) is 0 Å². The van der Waals surface area contributed by atoms with E-state index in [9.17, 15) is 9.59 Å². The number of amides is 1. The number of thioether (sulfide) groups is 1. The lowest BCUT2D eigenvalue weighted by Crippen LogP contribution is -2.40. The average molecular weight is 487 g/mol. The summed E-state index contributed by atoms with van der Waals surface area (Å²) in [5, 5.41) is 5.61. The van der Waals surface area contributed by atoms with Crippen molar-refractivity contribution >= 4 is 28.7 Å². The van der Waals surface area contributed by atoms with Crippen LogP contribution in [0.2, 0.25) is 0 Å². The Morgan fingerprint density at radius 1 is 1.14 bits per heavy atom. The van der Waals surface area contributed by atoms with Gasteiger partial charge in [0.15, 0.2) is 10.8 Å². The van der Waals surface area contributed by atoms with Gasteiger partial charge in [-0.1, -0.05) is 36.0 Å². The van der Waals surface area contributed by atoms with E-state index in [0.29, 0.717) is 21.9 Å². The summed E-state index contributed by atoms with van der Waals surface area (Å²) in [6, 6.07) is 11.7. The molecule has 1 aromatic carbocycles. The Morgan fingerprint density at radius 3 is 2.86 bits per heavy atom. The summed E-state index contributed by atoms with van der Waals surface area (Å²) in [6.07, 6.45) is 8.52. The minimum atomic E-state index is -0.217. The molecule has 5 heterocycles. The normalized spacial score (nSPS) is 19.7. The maximum atomic E-state index is 13.5. The van der Waals surface area contributed by atoms with Gasteiger partial charge in [0.1, 0.15) is 5.39 Å². The molecule has 1 amide bonds. The number of piperidine rings is 1. The van der Waals surface area contributed by atoms with Crippen LogP contribution in [-0.2, 0) is 4.79 Å². The molecule has 1 saturated heterocycles. The number of likely N-dealkylation sites (tertiary alicyclic amines) is 1. The molecule has 9 heteroatoms. The van der Waals surface area contributed by atoms with Crippen molar-refractivity contribution in [2.24, 2.45) is 0 Å². The Hall–Kier alpha value is -3.46. The third kappa shape index (κ3) is 3.83. The SMILES string of the molecule is Cc1ccccc1-n1ncc2c(=O)n3c(nc21)SCC3CC(=O)N1CCCCC1c1cccnc1. The highest BCUT2D eigenvalue weighted by Gasteiger charge is 2.34. The minimum absolute atomic E-state index is 0.0446. The molecule has 0 bridgehead atoms. The molecular formula is C26H26N6O2S. The van der Waals surface area contributed by atoms with Crippen molar-refractivity contribution in [3.8, 4) is 5.69 Å². The maximum absolute atomic E-state index is 13.5. The van der Waals surface area contributed by atoms with Crippen LogP contribution in [0.25, 0.3) is 16.7 Å². The molecule has 8 nitrogen and oxygen atoms in total. The summed E-state index contributed by atoms with van der Waals surface area (Å²) in [6.45, 7) is 2.75. The lowest BCUT2D eigenvalue weighted by molar-refractivity contribution is -0.135. The fourth-order valence-electron chi connectivity index (χ4n) is 5.23. The van der Waals surface area contributed by atoms with E-state index >= 15 is 0 Å². The van der Waals surface area contributed by atoms with Gasteiger partial charge in [-0.15, -0.1) is 0 Å². The first-order chi connectivity index (χ1) is 17.1. The average Bonchev–Trinajstić information content (AvgIpc) is 3.50. The predicted octanol–water partition coefficient (Wildman–Crippen LogP) is 4.08. The van der Waals surface area contributed by atoms with Crippen LogP contribution in [0.3, 0.4) is 0 Å². The number of nitrogens with zero attached hydrogens (tertiary/aromatic N) is 6. The number of para-hydroxylation sites is 1. The molecule has 1 fully saturated rings. The molecule has 6 rings (SSSR count). The largest absolute Gasteiger partial charge is 0.336 e. The highest BCUT2D eigenvalue weighted by atomic mass is 32.2. The molecule has 2 aliphatic heterocycles. The summed E-state index contributed by atoms with van der Waals surface area (Å²) in [4.78, 5) is 38.1. The second kappa shape index (κ2) is 8.96. The molecule has 4 aromatic rings. The maximum Gasteiger partial charge on any atom is 0.265 e. The number of fused-ring (bicyclic) bond motifs is 2. The highest BCUT2D eigenvalue weighted by molar-refractivity contribution is 7.99. The van der Waals surface area contributed by atoms with Gasteiger partial charge in [-0.05, 0) is 49.4 Å². The smallest absolute Gasteiger partial charge is 0.265 e. The Bertz CT molecular complexity index is 1460. The first-order valence-corrected chi connectivity index (χ1v) is 13.0. The van der Waals surface area contributed by atoms with E-state index in [-0.39, 0.29) is 30.0 Å². The molecule has 2 unspecified atom stereocenters. The number of carbonyl (C=O) groups is 1. The molecule has 0 aliphatic carbocycles. The van der Waals surface area contributed by atoms with E-state index in [2.05, 4.69) is 10.1 Å². The van der Waals surface area contributed by atoms with Crippen molar-refractivity contribution < 1.29 is 4.79 Å². The van der Waals surface area contributed by atoms with Crippen molar-refractivity contribution in [2.45, 2.75) is 49.8 Å². The van der Waals surface area contributed by atoms with E-state index in [1.54, 1.807) is 21.6 Å². The van der Waals surface area contributed by atoms with E-state index in [4.69, 9.17) is 4.98 Å². The van der Waals surface area contributed by atoms with Crippen LogP contribution in [-0.4, -0.2) is 47.4 Å². The fourth-order valence-corrected chi connectivity index (χ4v) is 6.36. The van der Waals surface area contributed by atoms with Crippen LogP contribution in [0.5, 0.6) is 0 Å². The number of pyridine rings is 1. The Labute approximate surface area is 207 Å². The lowest BCUT2D eigenvalue weighted by Gasteiger charge is -2.36. The van der Waals surface area contributed by atoms with Gasteiger partial charge >= 0.3 is 0 Å². The Balaban J connectivity index is 1.31. The second-order valence-electron chi connectivity index (χ2n) is 9.20. The van der Waals surface area contributed by atoms with Gasteiger partial charge in [-0.25, -0.2) is 9.67 Å². The highest BCUT2D eigenvalue weighted by Crippen LogP contribution is 2.36. The molecule has 35 heavy (non-hydrogen) atoms. The topological polar surface area (TPSA) is 85.9 Å². The Kier molecular flexibility index (Phi) is 5.64. The standard InChI is InChI=1S/C26H26N6O2S/c1-17-7-2-3-9-21(17)32-24-20(15-28-32)25(34)31-19(16-35-26(31)29-24)13-23(33)30-12-5-4-10-22(30)18-8-6-11-27-14-18/h2-3,6-9,11,14-15,19,22H,4-5,10,12-13,16H2,1H3. The first-order valence-electron chi connectivity index (χ1n) is 12.0. The van der Waals surface area contributed by atoms with Gasteiger partial charge in [0.2, 0.25) is 5.91 Å². The zero-order valence-corrected chi connectivity index (χ0v) is 20.3. The quantitative estimate of drug-likeness (QED) is 0.404. The molecule has 3 aromatic heterocycles. The van der Waals surface area contributed by atoms with Crippen molar-refractivity contribution in [2.75, 3.05) is 12.3 Å². The summed E-state index contributed by atoms with van der Waals surface area (Å²) < 4.78 is 3.44. The number of benzene rings is 1. The molecule has 0 saturated carbocycles.